The number of para-hydroxylation sites is 1. The van der Waals surface area contributed by atoms with Gasteiger partial charge in [0.15, 0.2) is 17.3 Å². The number of nitrogens with zero attached hydrogens (tertiary/aromatic N) is 4. The van der Waals surface area contributed by atoms with Gasteiger partial charge < -0.3 is 20.8 Å². The van der Waals surface area contributed by atoms with Crippen molar-refractivity contribution in [1.29, 1.82) is 0 Å². The predicted molar refractivity (Wildman–Crippen MR) is 112 cm³/mol. The Hall–Kier alpha value is -3.72. The van der Waals surface area contributed by atoms with Crippen LogP contribution in [0.3, 0.4) is 0 Å². The molecule has 4 aromatic rings. The summed E-state index contributed by atoms with van der Waals surface area (Å²) in [6, 6.07) is 9.05. The third kappa shape index (κ3) is 4.15. The van der Waals surface area contributed by atoms with E-state index in [1.54, 1.807) is 18.3 Å². The van der Waals surface area contributed by atoms with Crippen LogP contribution in [0.15, 0.2) is 48.9 Å². The van der Waals surface area contributed by atoms with Crippen molar-refractivity contribution < 1.29 is 14.6 Å². The van der Waals surface area contributed by atoms with Crippen molar-refractivity contribution in [3.8, 4) is 11.5 Å². The Bertz CT molecular complexity index is 1220. The van der Waals surface area contributed by atoms with Crippen molar-refractivity contribution in [2.45, 2.75) is 6.42 Å². The van der Waals surface area contributed by atoms with Crippen LogP contribution >= 0.6 is 11.6 Å². The molecule has 0 atom stereocenters. The molecule has 4 rings (SSSR count). The largest absolute Gasteiger partial charge is 0.504 e. The molecule has 8 nitrogen and oxygen atoms in total. The predicted octanol–water partition coefficient (Wildman–Crippen LogP) is 4.02. The number of benzene rings is 2. The summed E-state index contributed by atoms with van der Waals surface area (Å²) in [7, 11) is 0. The van der Waals surface area contributed by atoms with Gasteiger partial charge in [0.05, 0.1) is 11.2 Å². The number of anilines is 3. The first-order valence-electron chi connectivity index (χ1n) is 8.95. The normalized spacial score (nSPS) is 10.9. The zero-order chi connectivity index (χ0) is 21.1. The molecule has 0 aliphatic carbocycles. The van der Waals surface area contributed by atoms with Crippen LogP contribution in [-0.2, 0) is 6.42 Å². The Morgan fingerprint density at radius 3 is 2.77 bits per heavy atom. The average Bonchev–Trinajstić information content (AvgIpc) is 2.74. The van der Waals surface area contributed by atoms with E-state index in [2.05, 4.69) is 30.6 Å². The van der Waals surface area contributed by atoms with E-state index in [1.807, 2.05) is 0 Å². The molecule has 152 valence electrons. The number of phenolic OH excluding ortho intramolecular Hbond substituents is 2. The van der Waals surface area contributed by atoms with Gasteiger partial charge in [0.1, 0.15) is 23.2 Å². The maximum atomic E-state index is 13.4. The minimum Gasteiger partial charge on any atom is -0.504 e. The highest BCUT2D eigenvalue weighted by Gasteiger charge is 2.10. The fourth-order valence-corrected chi connectivity index (χ4v) is 3.01. The molecule has 0 aliphatic heterocycles. The molecule has 2 aromatic carbocycles. The fourth-order valence-electron chi connectivity index (χ4n) is 2.83. The van der Waals surface area contributed by atoms with Crippen molar-refractivity contribution in [3.63, 3.8) is 0 Å². The van der Waals surface area contributed by atoms with Gasteiger partial charge in [-0.15, -0.1) is 0 Å². The first-order chi connectivity index (χ1) is 14.5. The molecule has 0 amide bonds. The van der Waals surface area contributed by atoms with Crippen LogP contribution in [0.2, 0.25) is 5.02 Å². The van der Waals surface area contributed by atoms with Gasteiger partial charge in [0.25, 0.3) is 0 Å². The summed E-state index contributed by atoms with van der Waals surface area (Å²) < 4.78 is 13.4. The van der Waals surface area contributed by atoms with E-state index in [9.17, 15) is 14.6 Å². The number of hydrogen-bond donors (Lipinski definition) is 4. The first-order valence-corrected chi connectivity index (χ1v) is 9.32. The van der Waals surface area contributed by atoms with Crippen molar-refractivity contribution in [1.82, 2.24) is 19.9 Å². The number of hydrogen-bond acceptors (Lipinski definition) is 8. The van der Waals surface area contributed by atoms with Gasteiger partial charge in [-0.2, -0.15) is 0 Å². The molecule has 10 heteroatoms. The third-order valence-corrected chi connectivity index (χ3v) is 4.63. The number of phenols is 2. The van der Waals surface area contributed by atoms with E-state index in [0.29, 0.717) is 47.0 Å². The number of halogens is 2. The summed E-state index contributed by atoms with van der Waals surface area (Å²) in [6.45, 7) is 0.423. The van der Waals surface area contributed by atoms with Crippen LogP contribution < -0.4 is 10.6 Å². The van der Waals surface area contributed by atoms with E-state index in [1.165, 1.54) is 30.6 Å². The Balaban J connectivity index is 1.53. The number of rotatable bonds is 6. The molecule has 2 heterocycles. The Morgan fingerprint density at radius 1 is 1.07 bits per heavy atom. The second kappa shape index (κ2) is 8.34. The average molecular weight is 427 g/mol. The molecule has 0 bridgehead atoms. The SMILES string of the molecule is Oc1cccc(CCNc2ncc3ncnc(Nc4ccc(F)c(Cl)c4)c3n2)c1O. The maximum Gasteiger partial charge on any atom is 0.223 e. The molecule has 0 saturated heterocycles. The summed E-state index contributed by atoms with van der Waals surface area (Å²) in [5, 5.41) is 25.6. The fraction of sp³-hybridized carbons (Fsp3) is 0.100. The number of aromatic hydroxyl groups is 2. The summed E-state index contributed by atoms with van der Waals surface area (Å²) in [6.07, 6.45) is 3.38. The monoisotopic (exact) mass is 426 g/mol. The van der Waals surface area contributed by atoms with Gasteiger partial charge in [-0.3, -0.25) is 0 Å². The van der Waals surface area contributed by atoms with Gasteiger partial charge in [0, 0.05) is 12.2 Å². The van der Waals surface area contributed by atoms with Crippen molar-refractivity contribution in [3.05, 3.63) is 65.3 Å². The lowest BCUT2D eigenvalue weighted by Gasteiger charge is -2.10. The molecular formula is C20H16ClFN6O2. The summed E-state index contributed by atoms with van der Waals surface area (Å²) >= 11 is 5.84. The molecule has 0 saturated carbocycles. The number of nitrogens with one attached hydrogen (secondary N) is 2. The van der Waals surface area contributed by atoms with Gasteiger partial charge in [0.2, 0.25) is 5.95 Å². The van der Waals surface area contributed by atoms with E-state index >= 15 is 0 Å². The molecule has 0 aliphatic rings. The summed E-state index contributed by atoms with van der Waals surface area (Å²) in [5.41, 5.74) is 2.14. The third-order valence-electron chi connectivity index (χ3n) is 4.34. The van der Waals surface area contributed by atoms with Gasteiger partial charge in [-0.25, -0.2) is 24.3 Å². The molecule has 30 heavy (non-hydrogen) atoms. The van der Waals surface area contributed by atoms with Crippen LogP contribution in [0.25, 0.3) is 11.0 Å². The topological polar surface area (TPSA) is 116 Å². The highest BCUT2D eigenvalue weighted by Crippen LogP contribution is 2.28. The number of fused-ring (bicyclic) bond motifs is 1. The van der Waals surface area contributed by atoms with E-state index in [-0.39, 0.29) is 16.5 Å². The Labute approximate surface area is 175 Å². The minimum atomic E-state index is -0.513. The molecule has 2 aromatic heterocycles. The number of aromatic nitrogens is 4. The van der Waals surface area contributed by atoms with Crippen LogP contribution in [0.5, 0.6) is 11.5 Å². The lowest BCUT2D eigenvalue weighted by atomic mass is 10.1. The zero-order valence-corrected chi connectivity index (χ0v) is 16.2. The molecule has 4 N–H and O–H groups in total. The Kier molecular flexibility index (Phi) is 5.44. The molecule has 0 fully saturated rings. The van der Waals surface area contributed by atoms with E-state index in [4.69, 9.17) is 11.6 Å². The van der Waals surface area contributed by atoms with Gasteiger partial charge in [-0.05, 0) is 36.2 Å². The van der Waals surface area contributed by atoms with Crippen LogP contribution in [-0.4, -0.2) is 36.7 Å². The first kappa shape index (κ1) is 19.6. The lowest BCUT2D eigenvalue weighted by molar-refractivity contribution is 0.399. The molecule has 0 radical (unpaired) electrons. The maximum absolute atomic E-state index is 13.4. The smallest absolute Gasteiger partial charge is 0.223 e. The van der Waals surface area contributed by atoms with Crippen LogP contribution in [0.4, 0.5) is 21.8 Å². The van der Waals surface area contributed by atoms with E-state index < -0.39 is 5.82 Å². The van der Waals surface area contributed by atoms with Crippen molar-refractivity contribution in [2.24, 2.45) is 0 Å². The standard InChI is InChI=1S/C20H16ClFN6O2/c21-13-8-12(4-5-14(13)22)27-19-17-15(25-10-26-19)9-24-20(28-17)23-7-6-11-2-1-3-16(29)18(11)30/h1-5,8-10,29-30H,6-7H2,(H,23,24,28)(H,25,26,27). The highest BCUT2D eigenvalue weighted by molar-refractivity contribution is 6.31. The minimum absolute atomic E-state index is 0.00876. The van der Waals surface area contributed by atoms with E-state index in [0.717, 1.165) is 0 Å². The molecular weight excluding hydrogens is 411 g/mol. The van der Waals surface area contributed by atoms with Crippen LogP contribution in [0, 0.1) is 5.82 Å². The quantitative estimate of drug-likeness (QED) is 0.341. The van der Waals surface area contributed by atoms with Gasteiger partial charge in [-0.1, -0.05) is 23.7 Å². The zero-order valence-electron chi connectivity index (χ0n) is 15.5. The Morgan fingerprint density at radius 2 is 1.93 bits per heavy atom. The van der Waals surface area contributed by atoms with Crippen molar-refractivity contribution in [2.75, 3.05) is 17.2 Å². The second-order valence-electron chi connectivity index (χ2n) is 6.37. The van der Waals surface area contributed by atoms with Crippen molar-refractivity contribution >= 4 is 40.1 Å². The van der Waals surface area contributed by atoms with Gasteiger partial charge >= 0.3 is 0 Å². The van der Waals surface area contributed by atoms with Crippen LogP contribution in [0.1, 0.15) is 5.56 Å². The molecule has 0 spiro atoms. The summed E-state index contributed by atoms with van der Waals surface area (Å²) in [5.74, 6) is -0.0583. The molecule has 0 unspecified atom stereocenters. The second-order valence-corrected chi connectivity index (χ2v) is 6.77. The highest BCUT2D eigenvalue weighted by atomic mass is 35.5. The lowest BCUT2D eigenvalue weighted by Crippen LogP contribution is -2.09. The summed E-state index contributed by atoms with van der Waals surface area (Å²) in [4.78, 5) is 17.0.